The molecule has 1 atom stereocenters. The number of aromatic nitrogens is 2. The topological polar surface area (TPSA) is 56.1 Å². The molecule has 5 nitrogen and oxygen atoms in total. The molecule has 1 unspecified atom stereocenters. The Kier molecular flexibility index (Phi) is 4.62. The van der Waals surface area contributed by atoms with E-state index in [1.165, 1.54) is 16.9 Å². The lowest BCUT2D eigenvalue weighted by Gasteiger charge is -2.25. The largest absolute Gasteiger partial charge is 0.493 e. The number of fused-ring (bicyclic) bond motifs is 1. The number of para-hydroxylation sites is 2. The lowest BCUT2D eigenvalue weighted by atomic mass is 9.96. The van der Waals surface area contributed by atoms with Crippen molar-refractivity contribution >= 4 is 5.91 Å². The molecule has 1 aliphatic heterocycles. The molecule has 4 rings (SSSR count). The summed E-state index contributed by atoms with van der Waals surface area (Å²) < 4.78 is 21.2. The molecule has 27 heavy (non-hydrogen) atoms. The van der Waals surface area contributed by atoms with Crippen LogP contribution in [-0.2, 0) is 6.42 Å². The number of ether oxygens (including phenoxy) is 1. The fraction of sp³-hybridized carbons (Fsp3) is 0.238. The molecular formula is C21H20FN3O2. The van der Waals surface area contributed by atoms with Crippen LogP contribution in [0.5, 0.6) is 5.75 Å². The van der Waals surface area contributed by atoms with Crippen molar-refractivity contribution in [1.29, 1.82) is 0 Å². The first-order valence-electron chi connectivity index (χ1n) is 8.92. The fourth-order valence-electron chi connectivity index (χ4n) is 3.35. The molecule has 0 radical (unpaired) electrons. The lowest BCUT2D eigenvalue weighted by Crippen LogP contribution is -2.35. The van der Waals surface area contributed by atoms with E-state index >= 15 is 0 Å². The van der Waals surface area contributed by atoms with Gasteiger partial charge in [-0.25, -0.2) is 9.07 Å². The Balaban J connectivity index is 1.43. The minimum atomic E-state index is -0.381. The number of amides is 1. The number of carbonyl (C=O) groups is 1. The molecule has 0 saturated carbocycles. The summed E-state index contributed by atoms with van der Waals surface area (Å²) in [6.45, 7) is 2.84. The molecule has 3 aromatic rings. The summed E-state index contributed by atoms with van der Waals surface area (Å²) in [4.78, 5) is 12.6. The molecule has 0 saturated heterocycles. The van der Waals surface area contributed by atoms with Gasteiger partial charge in [-0.15, -0.1) is 0 Å². The minimum Gasteiger partial charge on any atom is -0.493 e. The molecule has 6 heteroatoms. The number of hydrogen-bond donors (Lipinski definition) is 1. The van der Waals surface area contributed by atoms with Gasteiger partial charge in [0.25, 0.3) is 5.91 Å². The second-order valence-corrected chi connectivity index (χ2v) is 6.71. The zero-order valence-corrected chi connectivity index (χ0v) is 15.0. The monoisotopic (exact) mass is 365 g/mol. The van der Waals surface area contributed by atoms with Crippen LogP contribution in [0.25, 0.3) is 5.69 Å². The molecule has 138 valence electrons. The highest BCUT2D eigenvalue weighted by Gasteiger charge is 2.22. The smallest absolute Gasteiger partial charge is 0.254 e. The van der Waals surface area contributed by atoms with Crippen LogP contribution in [-0.4, -0.2) is 28.8 Å². The third kappa shape index (κ3) is 3.43. The van der Waals surface area contributed by atoms with Crippen molar-refractivity contribution in [3.05, 3.63) is 77.4 Å². The Bertz CT molecular complexity index is 983. The zero-order valence-electron chi connectivity index (χ0n) is 15.0. The summed E-state index contributed by atoms with van der Waals surface area (Å²) >= 11 is 0. The minimum absolute atomic E-state index is 0.214. The van der Waals surface area contributed by atoms with Crippen LogP contribution in [0, 0.1) is 18.7 Å². The molecule has 1 N–H and O–H groups in total. The van der Waals surface area contributed by atoms with E-state index in [1.807, 2.05) is 24.3 Å². The van der Waals surface area contributed by atoms with Gasteiger partial charge >= 0.3 is 0 Å². The van der Waals surface area contributed by atoms with Gasteiger partial charge in [0.2, 0.25) is 0 Å². The van der Waals surface area contributed by atoms with Crippen LogP contribution >= 0.6 is 0 Å². The lowest BCUT2D eigenvalue weighted by molar-refractivity contribution is 0.0938. The third-order valence-electron chi connectivity index (χ3n) is 4.84. The summed E-state index contributed by atoms with van der Waals surface area (Å²) in [6, 6.07) is 14.3. The van der Waals surface area contributed by atoms with Crippen LogP contribution in [0.4, 0.5) is 4.39 Å². The SMILES string of the molecule is Cc1c(C(=O)NCC2COc3ccccc3C2)cnn1-c1ccccc1F. The van der Waals surface area contributed by atoms with E-state index in [0.717, 1.165) is 17.7 Å². The van der Waals surface area contributed by atoms with E-state index < -0.39 is 0 Å². The van der Waals surface area contributed by atoms with E-state index in [2.05, 4.69) is 10.4 Å². The standard InChI is InChI=1S/C21H20FN3O2/c1-14-17(12-24-25(14)19-8-4-3-7-18(19)22)21(26)23-11-15-10-16-6-2-5-9-20(16)27-13-15/h2-9,12,15H,10-11,13H2,1H3,(H,23,26). The van der Waals surface area contributed by atoms with Crippen molar-refractivity contribution in [3.63, 3.8) is 0 Å². The quantitative estimate of drug-likeness (QED) is 0.772. The number of nitrogens with zero attached hydrogens (tertiary/aromatic N) is 2. The van der Waals surface area contributed by atoms with Crippen molar-refractivity contribution in [2.45, 2.75) is 13.3 Å². The van der Waals surface area contributed by atoms with Crippen molar-refractivity contribution < 1.29 is 13.9 Å². The van der Waals surface area contributed by atoms with Gasteiger partial charge in [-0.2, -0.15) is 5.10 Å². The van der Waals surface area contributed by atoms with E-state index in [0.29, 0.717) is 30.1 Å². The predicted molar refractivity (Wildman–Crippen MR) is 99.7 cm³/mol. The molecule has 1 amide bonds. The Morgan fingerprint density at radius 3 is 2.89 bits per heavy atom. The highest BCUT2D eigenvalue weighted by atomic mass is 19.1. The summed E-state index contributed by atoms with van der Waals surface area (Å²) in [5, 5.41) is 7.14. The van der Waals surface area contributed by atoms with E-state index in [1.54, 1.807) is 25.1 Å². The number of benzene rings is 2. The summed E-state index contributed by atoms with van der Waals surface area (Å²) in [5.74, 6) is 0.537. The van der Waals surface area contributed by atoms with Crippen molar-refractivity contribution in [2.24, 2.45) is 5.92 Å². The van der Waals surface area contributed by atoms with Crippen LogP contribution in [0.3, 0.4) is 0 Å². The average molecular weight is 365 g/mol. The van der Waals surface area contributed by atoms with Crippen molar-refractivity contribution in [3.8, 4) is 11.4 Å². The average Bonchev–Trinajstić information content (AvgIpc) is 3.07. The number of rotatable bonds is 4. The number of hydrogen-bond acceptors (Lipinski definition) is 3. The van der Waals surface area contributed by atoms with E-state index in [4.69, 9.17) is 4.74 Å². The first-order valence-corrected chi connectivity index (χ1v) is 8.92. The van der Waals surface area contributed by atoms with Gasteiger partial charge < -0.3 is 10.1 Å². The second-order valence-electron chi connectivity index (χ2n) is 6.71. The van der Waals surface area contributed by atoms with Gasteiger partial charge in [-0.05, 0) is 37.1 Å². The molecule has 0 aliphatic carbocycles. The van der Waals surface area contributed by atoms with Gasteiger partial charge in [0.1, 0.15) is 17.3 Å². The maximum Gasteiger partial charge on any atom is 0.254 e. The molecule has 0 spiro atoms. The van der Waals surface area contributed by atoms with Crippen LogP contribution < -0.4 is 10.1 Å². The molecule has 1 aromatic heterocycles. The van der Waals surface area contributed by atoms with E-state index in [-0.39, 0.29) is 17.6 Å². The van der Waals surface area contributed by atoms with Gasteiger partial charge in [-0.1, -0.05) is 30.3 Å². The van der Waals surface area contributed by atoms with Gasteiger partial charge in [0, 0.05) is 12.5 Å². The number of halogens is 1. The maximum atomic E-state index is 14.0. The highest BCUT2D eigenvalue weighted by molar-refractivity contribution is 5.95. The molecule has 1 aliphatic rings. The van der Waals surface area contributed by atoms with Crippen molar-refractivity contribution in [2.75, 3.05) is 13.2 Å². The van der Waals surface area contributed by atoms with Gasteiger partial charge in [0.05, 0.1) is 24.1 Å². The van der Waals surface area contributed by atoms with Crippen LogP contribution in [0.15, 0.2) is 54.7 Å². The number of nitrogens with one attached hydrogen (secondary N) is 1. The fourth-order valence-corrected chi connectivity index (χ4v) is 3.35. The van der Waals surface area contributed by atoms with Crippen LogP contribution in [0.1, 0.15) is 21.6 Å². The summed E-state index contributed by atoms with van der Waals surface area (Å²) in [6.07, 6.45) is 2.34. The van der Waals surface area contributed by atoms with Crippen LogP contribution in [0.2, 0.25) is 0 Å². The second kappa shape index (κ2) is 7.23. The molecule has 2 heterocycles. The summed E-state index contributed by atoms with van der Waals surface area (Å²) in [7, 11) is 0. The first kappa shape index (κ1) is 17.3. The zero-order chi connectivity index (χ0) is 18.8. The normalized spacial score (nSPS) is 15.7. The Morgan fingerprint density at radius 1 is 1.26 bits per heavy atom. The molecule has 2 aromatic carbocycles. The highest BCUT2D eigenvalue weighted by Crippen LogP contribution is 2.26. The van der Waals surface area contributed by atoms with Gasteiger partial charge in [0.15, 0.2) is 0 Å². The number of carbonyl (C=O) groups excluding carboxylic acids is 1. The third-order valence-corrected chi connectivity index (χ3v) is 4.84. The molecule has 0 bridgehead atoms. The Labute approximate surface area is 156 Å². The maximum absolute atomic E-state index is 14.0. The van der Waals surface area contributed by atoms with E-state index in [9.17, 15) is 9.18 Å². The molecule has 0 fully saturated rings. The van der Waals surface area contributed by atoms with Crippen molar-refractivity contribution in [1.82, 2.24) is 15.1 Å². The molecular weight excluding hydrogens is 345 g/mol. The Morgan fingerprint density at radius 2 is 2.04 bits per heavy atom. The van der Waals surface area contributed by atoms with Gasteiger partial charge in [-0.3, -0.25) is 4.79 Å². The predicted octanol–water partition coefficient (Wildman–Crippen LogP) is 3.30. The Hall–Kier alpha value is -3.15. The first-order chi connectivity index (χ1) is 13.1. The summed E-state index contributed by atoms with van der Waals surface area (Å²) in [5.41, 5.74) is 2.52.